The zero-order valence-corrected chi connectivity index (χ0v) is 19.1. The predicted octanol–water partition coefficient (Wildman–Crippen LogP) is 4.55. The maximum atomic E-state index is 12.7. The number of rotatable bonds is 1. The average Bonchev–Trinajstić information content (AvgIpc) is 2.97. The molecule has 0 bridgehead atoms. The molecular weight excluding hydrogens is 380 g/mol. The minimum absolute atomic E-state index is 0. The summed E-state index contributed by atoms with van der Waals surface area (Å²) in [6, 6.07) is 5.37. The smallest absolute Gasteiger partial charge is 0.416 e. The van der Waals surface area contributed by atoms with Crippen LogP contribution in [0.1, 0.15) is 45.6 Å². The fraction of sp³-hybridized carbons (Fsp3) is 0.650. The summed E-state index contributed by atoms with van der Waals surface area (Å²) < 4.78 is 43.6. The molecular formula is C20H27F3N2NaO2. The van der Waals surface area contributed by atoms with E-state index in [1.54, 1.807) is 17.0 Å². The summed E-state index contributed by atoms with van der Waals surface area (Å²) in [5.74, 6) is 0. The Morgan fingerprint density at radius 3 is 2.04 bits per heavy atom. The summed E-state index contributed by atoms with van der Waals surface area (Å²) in [5, 5.41) is 0. The van der Waals surface area contributed by atoms with Crippen LogP contribution in [0, 0.1) is 5.41 Å². The van der Waals surface area contributed by atoms with Crippen LogP contribution in [0.4, 0.5) is 23.7 Å². The third kappa shape index (κ3) is 5.57. The number of hydrogen-bond acceptors (Lipinski definition) is 3. The van der Waals surface area contributed by atoms with Crippen LogP contribution in [0.2, 0.25) is 0 Å². The van der Waals surface area contributed by atoms with E-state index in [2.05, 4.69) is 4.90 Å². The molecule has 0 aliphatic carbocycles. The Labute approximate surface area is 186 Å². The molecule has 1 amide bonds. The molecule has 0 saturated carbocycles. The van der Waals surface area contributed by atoms with E-state index in [-0.39, 0.29) is 41.1 Å². The van der Waals surface area contributed by atoms with Gasteiger partial charge in [-0.3, -0.25) is 0 Å². The van der Waals surface area contributed by atoms with Crippen molar-refractivity contribution in [1.29, 1.82) is 0 Å². The quantitative estimate of drug-likeness (QED) is 0.641. The Balaban J connectivity index is 0.00000280. The van der Waals surface area contributed by atoms with Gasteiger partial charge in [0.2, 0.25) is 0 Å². The zero-order chi connectivity index (χ0) is 19.9. The van der Waals surface area contributed by atoms with Crippen molar-refractivity contribution in [3.8, 4) is 0 Å². The van der Waals surface area contributed by atoms with Gasteiger partial charge in [-0.25, -0.2) is 4.79 Å². The molecule has 28 heavy (non-hydrogen) atoms. The van der Waals surface area contributed by atoms with Crippen molar-refractivity contribution in [2.24, 2.45) is 5.41 Å². The number of piperidine rings is 1. The number of amides is 1. The fourth-order valence-corrected chi connectivity index (χ4v) is 3.93. The van der Waals surface area contributed by atoms with E-state index in [0.717, 1.165) is 50.2 Å². The van der Waals surface area contributed by atoms with Crippen LogP contribution in [0.15, 0.2) is 24.3 Å². The van der Waals surface area contributed by atoms with Crippen LogP contribution < -0.4 is 4.90 Å². The maximum Gasteiger partial charge on any atom is 0.416 e. The van der Waals surface area contributed by atoms with Gasteiger partial charge in [0.25, 0.3) is 0 Å². The summed E-state index contributed by atoms with van der Waals surface area (Å²) >= 11 is 0. The molecule has 151 valence electrons. The minimum Gasteiger partial charge on any atom is -0.444 e. The van der Waals surface area contributed by atoms with Crippen LogP contribution in [0.5, 0.6) is 0 Å². The van der Waals surface area contributed by atoms with E-state index in [0.29, 0.717) is 13.1 Å². The number of likely N-dealkylation sites (tertiary alicyclic amines) is 1. The number of ether oxygens (including phenoxy) is 1. The van der Waals surface area contributed by atoms with E-state index >= 15 is 0 Å². The third-order valence-electron chi connectivity index (χ3n) is 5.47. The number of halogens is 3. The first kappa shape index (κ1) is 23.4. The van der Waals surface area contributed by atoms with Gasteiger partial charge >= 0.3 is 12.3 Å². The average molecular weight is 407 g/mol. The summed E-state index contributed by atoms with van der Waals surface area (Å²) in [6.07, 6.45) is -1.77. The van der Waals surface area contributed by atoms with Gasteiger partial charge in [0, 0.05) is 61.4 Å². The third-order valence-corrected chi connectivity index (χ3v) is 5.47. The monoisotopic (exact) mass is 407 g/mol. The van der Waals surface area contributed by atoms with E-state index in [1.807, 2.05) is 20.8 Å². The number of anilines is 1. The van der Waals surface area contributed by atoms with Crippen LogP contribution in [-0.4, -0.2) is 72.3 Å². The van der Waals surface area contributed by atoms with Crippen LogP contribution >= 0.6 is 0 Å². The number of benzene rings is 1. The molecule has 2 heterocycles. The number of hydrogen-bond donors (Lipinski definition) is 0. The van der Waals surface area contributed by atoms with E-state index in [9.17, 15) is 18.0 Å². The Morgan fingerprint density at radius 2 is 1.54 bits per heavy atom. The van der Waals surface area contributed by atoms with Crippen molar-refractivity contribution in [3.05, 3.63) is 29.8 Å². The van der Waals surface area contributed by atoms with Crippen LogP contribution in [-0.2, 0) is 10.9 Å². The topological polar surface area (TPSA) is 32.8 Å². The second kappa shape index (κ2) is 8.44. The van der Waals surface area contributed by atoms with E-state index < -0.39 is 17.3 Å². The molecule has 0 atom stereocenters. The number of alkyl halides is 3. The van der Waals surface area contributed by atoms with Crippen molar-refractivity contribution in [3.63, 3.8) is 0 Å². The van der Waals surface area contributed by atoms with Crippen molar-refractivity contribution >= 4 is 41.3 Å². The van der Waals surface area contributed by atoms with Crippen molar-refractivity contribution < 1.29 is 22.7 Å². The Kier molecular flexibility index (Phi) is 7.04. The molecule has 4 nitrogen and oxygen atoms in total. The van der Waals surface area contributed by atoms with Gasteiger partial charge in [-0.15, -0.1) is 0 Å². The molecule has 2 aliphatic heterocycles. The second-order valence-corrected chi connectivity index (χ2v) is 8.68. The first-order valence-electron chi connectivity index (χ1n) is 9.38. The van der Waals surface area contributed by atoms with Gasteiger partial charge in [-0.2, -0.15) is 13.2 Å². The number of carbonyl (C=O) groups is 1. The summed E-state index contributed by atoms with van der Waals surface area (Å²) in [4.78, 5) is 16.2. The molecule has 0 N–H and O–H groups in total. The first-order valence-corrected chi connectivity index (χ1v) is 9.38. The molecule has 0 unspecified atom stereocenters. The van der Waals surface area contributed by atoms with Gasteiger partial charge < -0.3 is 14.5 Å². The molecule has 1 radical (unpaired) electrons. The molecule has 3 rings (SSSR count). The van der Waals surface area contributed by atoms with E-state index in [1.165, 1.54) is 0 Å². The molecule has 2 aliphatic rings. The second-order valence-electron chi connectivity index (χ2n) is 8.68. The molecule has 1 aromatic rings. The molecule has 8 heteroatoms. The molecule has 1 spiro atoms. The van der Waals surface area contributed by atoms with E-state index in [4.69, 9.17) is 4.74 Å². The summed E-state index contributed by atoms with van der Waals surface area (Å²) in [6.45, 7) is 8.55. The maximum absolute atomic E-state index is 12.7. The Hall–Kier alpha value is -0.920. The van der Waals surface area contributed by atoms with Gasteiger partial charge in [0.1, 0.15) is 5.60 Å². The standard InChI is InChI=1S/C20H27F3N2O2.Na/c1-18(2,3)27-17(26)25-13-10-19(14-25)8-11-24(12-9-19)16-6-4-15(5-7-16)20(21,22)23;/h4-7H,8-14H2,1-3H3;. The van der Waals surface area contributed by atoms with Gasteiger partial charge in [-0.1, -0.05) is 0 Å². The Bertz CT molecular complexity index is 678. The molecule has 0 aromatic heterocycles. The first-order chi connectivity index (χ1) is 12.5. The molecule has 1 aromatic carbocycles. The predicted molar refractivity (Wildman–Crippen MR) is 104 cm³/mol. The SMILES string of the molecule is CC(C)(C)OC(=O)N1CCC2(CCN(c3ccc(C(F)(F)F)cc3)CC2)C1.[Na]. The van der Waals surface area contributed by atoms with Crippen molar-refractivity contribution in [2.45, 2.75) is 51.8 Å². The molecule has 2 saturated heterocycles. The zero-order valence-electron chi connectivity index (χ0n) is 17.1. The normalized spacial score (nSPS) is 19.5. The number of carbonyl (C=O) groups excluding carboxylic acids is 1. The van der Waals surface area contributed by atoms with Crippen LogP contribution in [0.3, 0.4) is 0 Å². The Morgan fingerprint density at radius 1 is 1.00 bits per heavy atom. The van der Waals surface area contributed by atoms with Crippen LogP contribution in [0.25, 0.3) is 0 Å². The van der Waals surface area contributed by atoms with Crippen molar-refractivity contribution in [1.82, 2.24) is 4.90 Å². The largest absolute Gasteiger partial charge is 0.444 e. The van der Waals surface area contributed by atoms with Gasteiger partial charge in [-0.05, 0) is 69.7 Å². The van der Waals surface area contributed by atoms with Gasteiger partial charge in [0.05, 0.1) is 5.56 Å². The van der Waals surface area contributed by atoms with Crippen molar-refractivity contribution in [2.75, 3.05) is 31.1 Å². The minimum atomic E-state index is -4.31. The van der Waals surface area contributed by atoms with Gasteiger partial charge in [0.15, 0.2) is 0 Å². The number of nitrogens with zero attached hydrogens (tertiary/aromatic N) is 2. The summed E-state index contributed by atoms with van der Waals surface area (Å²) in [5.41, 5.74) is -0.207. The molecule has 2 fully saturated rings. The fourth-order valence-electron chi connectivity index (χ4n) is 3.93. The summed E-state index contributed by atoms with van der Waals surface area (Å²) in [7, 11) is 0.